The predicted molar refractivity (Wildman–Crippen MR) is 64.1 cm³/mol. The molecule has 1 fully saturated rings. The number of nitrogens with zero attached hydrogens (tertiary/aromatic N) is 1. The second-order valence-corrected chi connectivity index (χ2v) is 4.53. The second kappa shape index (κ2) is 5.15. The third kappa shape index (κ3) is 2.95. The minimum Gasteiger partial charge on any atom is -0.477 e. The lowest BCUT2D eigenvalue weighted by atomic mass is 10.3. The average Bonchev–Trinajstić information content (AvgIpc) is 2.83. The van der Waals surface area contributed by atoms with Gasteiger partial charge in [0.25, 0.3) is 0 Å². The number of nitrogens with one attached hydrogen (secondary N) is 2. The Balaban J connectivity index is 1.98. The van der Waals surface area contributed by atoms with Crippen LogP contribution in [0.3, 0.4) is 0 Å². The van der Waals surface area contributed by atoms with Crippen LogP contribution in [0, 0.1) is 0 Å². The van der Waals surface area contributed by atoms with Crippen molar-refractivity contribution in [3.8, 4) is 0 Å². The molecule has 1 atom stereocenters. The van der Waals surface area contributed by atoms with Gasteiger partial charge in [-0.2, -0.15) is 0 Å². The summed E-state index contributed by atoms with van der Waals surface area (Å²) in [6, 6.07) is 2.68. The topological polar surface area (TPSA) is 91.3 Å². The lowest BCUT2D eigenvalue weighted by Gasteiger charge is -2.09. The largest absolute Gasteiger partial charge is 0.477 e. The van der Waals surface area contributed by atoms with Crippen LogP contribution < -0.4 is 10.6 Å². The first kappa shape index (κ1) is 11.9. The van der Waals surface area contributed by atoms with Crippen molar-refractivity contribution >= 4 is 29.3 Å². The molecular formula is C10H11N3O3S. The molecule has 1 amide bonds. The molecule has 1 aliphatic rings. The summed E-state index contributed by atoms with van der Waals surface area (Å²) in [5.41, 5.74) is 0.455. The number of thioether (sulfide) groups is 1. The van der Waals surface area contributed by atoms with Crippen molar-refractivity contribution in [3.05, 3.63) is 24.0 Å². The van der Waals surface area contributed by atoms with Crippen molar-refractivity contribution in [2.24, 2.45) is 0 Å². The molecule has 1 aromatic rings. The molecule has 2 heterocycles. The zero-order valence-electron chi connectivity index (χ0n) is 8.84. The number of carboxylic acids is 1. The Hall–Kier alpha value is -1.60. The van der Waals surface area contributed by atoms with E-state index in [1.54, 1.807) is 11.8 Å². The van der Waals surface area contributed by atoms with E-state index in [1.807, 2.05) is 0 Å². The normalized spacial score (nSPS) is 18.9. The smallest absolute Gasteiger partial charge is 0.354 e. The maximum atomic E-state index is 11.7. The Morgan fingerprint density at radius 1 is 1.53 bits per heavy atom. The fourth-order valence-corrected chi connectivity index (χ4v) is 2.33. The fourth-order valence-electron chi connectivity index (χ4n) is 1.39. The maximum Gasteiger partial charge on any atom is 0.354 e. The SMILES string of the molecule is O=C(O)c1ccc(NC(=O)C2CSCN2)cn1. The standard InChI is InChI=1S/C10H11N3O3S/c14-9(8-4-17-5-12-8)13-6-1-2-7(10(15)16)11-3-6/h1-3,8,12H,4-5H2,(H,13,14)(H,15,16). The van der Waals surface area contributed by atoms with Crippen molar-refractivity contribution in [2.75, 3.05) is 16.9 Å². The van der Waals surface area contributed by atoms with Gasteiger partial charge in [0.1, 0.15) is 5.69 Å². The summed E-state index contributed by atoms with van der Waals surface area (Å²) in [5.74, 6) is 0.303. The van der Waals surface area contributed by atoms with Crippen LogP contribution in [0.2, 0.25) is 0 Å². The number of hydrogen-bond donors (Lipinski definition) is 3. The first-order valence-electron chi connectivity index (χ1n) is 4.98. The molecule has 1 unspecified atom stereocenters. The number of carbonyl (C=O) groups excluding carboxylic acids is 1. The molecule has 6 nitrogen and oxygen atoms in total. The summed E-state index contributed by atoms with van der Waals surface area (Å²) in [7, 11) is 0. The quantitative estimate of drug-likeness (QED) is 0.721. The molecule has 0 spiro atoms. The van der Waals surface area contributed by atoms with Crippen molar-refractivity contribution in [1.29, 1.82) is 0 Å². The van der Waals surface area contributed by atoms with Gasteiger partial charge in [-0.15, -0.1) is 11.8 Å². The zero-order chi connectivity index (χ0) is 12.3. The molecule has 0 radical (unpaired) electrons. The van der Waals surface area contributed by atoms with Gasteiger partial charge in [0, 0.05) is 11.6 Å². The molecule has 0 aromatic carbocycles. The fraction of sp³-hybridized carbons (Fsp3) is 0.300. The number of amides is 1. The third-order valence-electron chi connectivity index (χ3n) is 2.28. The Bertz CT molecular complexity index is 429. The highest BCUT2D eigenvalue weighted by Gasteiger charge is 2.22. The minimum atomic E-state index is -1.09. The number of pyridine rings is 1. The average molecular weight is 253 g/mol. The summed E-state index contributed by atoms with van der Waals surface area (Å²) in [4.78, 5) is 26.0. The molecule has 90 valence electrons. The number of rotatable bonds is 3. The van der Waals surface area contributed by atoms with Crippen molar-refractivity contribution in [2.45, 2.75) is 6.04 Å². The first-order chi connectivity index (χ1) is 8.16. The lowest BCUT2D eigenvalue weighted by Crippen LogP contribution is -2.37. The van der Waals surface area contributed by atoms with Crippen molar-refractivity contribution < 1.29 is 14.7 Å². The first-order valence-corrected chi connectivity index (χ1v) is 6.13. The molecule has 0 aliphatic carbocycles. The number of aromatic nitrogens is 1. The summed E-state index contributed by atoms with van der Waals surface area (Å²) in [6.45, 7) is 0. The molecule has 2 rings (SSSR count). The Morgan fingerprint density at radius 2 is 2.35 bits per heavy atom. The van der Waals surface area contributed by atoms with Crippen LogP contribution >= 0.6 is 11.8 Å². The molecule has 1 aromatic heterocycles. The van der Waals surface area contributed by atoms with Gasteiger partial charge in [-0.3, -0.25) is 10.1 Å². The van der Waals surface area contributed by atoms with Crippen LogP contribution in [0.4, 0.5) is 5.69 Å². The van der Waals surface area contributed by atoms with E-state index in [9.17, 15) is 9.59 Å². The third-order valence-corrected chi connectivity index (χ3v) is 3.22. The van der Waals surface area contributed by atoms with E-state index >= 15 is 0 Å². The number of anilines is 1. The van der Waals surface area contributed by atoms with E-state index in [0.717, 1.165) is 11.6 Å². The predicted octanol–water partition coefficient (Wildman–Crippen LogP) is 0.381. The van der Waals surface area contributed by atoms with Crippen LogP contribution in [-0.2, 0) is 4.79 Å². The Labute approximate surface area is 102 Å². The number of aromatic carboxylic acids is 1. The van der Waals surface area contributed by atoms with Gasteiger partial charge < -0.3 is 10.4 Å². The molecule has 0 saturated carbocycles. The molecule has 1 aliphatic heterocycles. The lowest BCUT2D eigenvalue weighted by molar-refractivity contribution is -0.117. The van der Waals surface area contributed by atoms with E-state index in [0.29, 0.717) is 5.69 Å². The Morgan fingerprint density at radius 3 is 2.88 bits per heavy atom. The van der Waals surface area contributed by atoms with Gasteiger partial charge in [0.15, 0.2) is 0 Å². The number of carbonyl (C=O) groups is 2. The Kier molecular flexibility index (Phi) is 3.60. The van der Waals surface area contributed by atoms with Crippen LogP contribution in [0.25, 0.3) is 0 Å². The number of hydrogen-bond acceptors (Lipinski definition) is 5. The van der Waals surface area contributed by atoms with Crippen molar-refractivity contribution in [1.82, 2.24) is 10.3 Å². The molecule has 17 heavy (non-hydrogen) atoms. The van der Waals surface area contributed by atoms with Crippen LogP contribution in [0.1, 0.15) is 10.5 Å². The van der Waals surface area contributed by atoms with Gasteiger partial charge in [-0.1, -0.05) is 0 Å². The summed E-state index contributed by atoms with van der Waals surface area (Å²) in [6.07, 6.45) is 1.34. The number of carboxylic acid groups (broad SMARTS) is 1. The van der Waals surface area contributed by atoms with E-state index in [2.05, 4.69) is 15.6 Å². The molecule has 0 bridgehead atoms. The minimum absolute atomic E-state index is 0.0439. The highest BCUT2D eigenvalue weighted by atomic mass is 32.2. The van der Waals surface area contributed by atoms with Gasteiger partial charge in [0.2, 0.25) is 5.91 Å². The van der Waals surface area contributed by atoms with Crippen LogP contribution in [0.5, 0.6) is 0 Å². The summed E-state index contributed by atoms with van der Waals surface area (Å²) >= 11 is 1.66. The maximum absolute atomic E-state index is 11.7. The van der Waals surface area contributed by atoms with Gasteiger partial charge in [-0.05, 0) is 12.1 Å². The van der Waals surface area contributed by atoms with Crippen LogP contribution in [0.15, 0.2) is 18.3 Å². The summed E-state index contributed by atoms with van der Waals surface area (Å²) < 4.78 is 0. The highest BCUT2D eigenvalue weighted by Crippen LogP contribution is 2.12. The zero-order valence-corrected chi connectivity index (χ0v) is 9.66. The van der Waals surface area contributed by atoms with E-state index in [1.165, 1.54) is 18.3 Å². The van der Waals surface area contributed by atoms with E-state index in [-0.39, 0.29) is 17.6 Å². The molecule has 3 N–H and O–H groups in total. The van der Waals surface area contributed by atoms with Gasteiger partial charge in [-0.25, -0.2) is 9.78 Å². The monoisotopic (exact) mass is 253 g/mol. The van der Waals surface area contributed by atoms with Gasteiger partial charge in [0.05, 0.1) is 17.9 Å². The molecule has 7 heteroatoms. The molecular weight excluding hydrogens is 242 g/mol. The van der Waals surface area contributed by atoms with E-state index in [4.69, 9.17) is 5.11 Å². The van der Waals surface area contributed by atoms with Crippen molar-refractivity contribution in [3.63, 3.8) is 0 Å². The highest BCUT2D eigenvalue weighted by molar-refractivity contribution is 7.99. The second-order valence-electron chi connectivity index (χ2n) is 3.50. The molecule has 1 saturated heterocycles. The summed E-state index contributed by atoms with van der Waals surface area (Å²) in [5, 5.41) is 14.4. The van der Waals surface area contributed by atoms with Gasteiger partial charge >= 0.3 is 5.97 Å². The van der Waals surface area contributed by atoms with E-state index < -0.39 is 5.97 Å². The van der Waals surface area contributed by atoms with Crippen LogP contribution in [-0.4, -0.2) is 39.6 Å².